The van der Waals surface area contributed by atoms with Gasteiger partial charge < -0.3 is 0 Å². The molecule has 0 aromatic heterocycles. The fourth-order valence-corrected chi connectivity index (χ4v) is 6.23. The van der Waals surface area contributed by atoms with Crippen LogP contribution in [0, 0.1) is 0 Å². The highest BCUT2D eigenvalue weighted by Gasteiger charge is 2.25. The molecule has 0 atom stereocenters. The smallest absolute Gasteiger partial charge is 0.263 e. The number of hydrogen-bond donors (Lipinski definition) is 0. The van der Waals surface area contributed by atoms with E-state index >= 15 is 0 Å². The van der Waals surface area contributed by atoms with Crippen LogP contribution in [0.4, 0.5) is 0 Å². The van der Waals surface area contributed by atoms with Crippen molar-refractivity contribution in [2.24, 2.45) is 0 Å². The minimum atomic E-state index is -4.17. The maximum absolute atomic E-state index is 11.7. The Morgan fingerprint density at radius 2 is 1.00 bits per heavy atom. The molecule has 0 unspecified atom stereocenters. The Bertz CT molecular complexity index is 892. The zero-order valence-electron chi connectivity index (χ0n) is 16.3. The lowest BCUT2D eigenvalue weighted by Gasteiger charge is -2.18. The van der Waals surface area contributed by atoms with Crippen molar-refractivity contribution in [3.8, 4) is 0 Å². The molecule has 0 rings (SSSR count). The third-order valence-electron chi connectivity index (χ3n) is 2.73. The summed E-state index contributed by atoms with van der Waals surface area (Å²) in [7, 11) is -15.8. The Morgan fingerprint density at radius 3 is 1.36 bits per heavy atom. The average molecular weight is 489 g/mol. The number of sulfone groups is 1. The number of unbranched alkanes of at least 4 members (excludes halogenated alkanes) is 3. The monoisotopic (exact) mass is 488 g/mol. The van der Waals surface area contributed by atoms with Gasteiger partial charge in [0.2, 0.25) is 0 Å². The lowest BCUT2D eigenvalue weighted by atomic mass is 10.2. The minimum Gasteiger partial charge on any atom is -0.263 e. The molecule has 0 fully saturated rings. The largest absolute Gasteiger partial charge is 0.293 e. The molecule has 15 heteroatoms. The average Bonchev–Trinajstić information content (AvgIpc) is 2.44. The molecule has 0 aliphatic carbocycles. The first-order chi connectivity index (χ1) is 12.3. The van der Waals surface area contributed by atoms with E-state index in [1.165, 1.54) is 20.8 Å². The zero-order chi connectivity index (χ0) is 22.3. The Kier molecular flexibility index (Phi) is 10.5. The van der Waals surface area contributed by atoms with E-state index in [1.54, 1.807) is 0 Å². The van der Waals surface area contributed by atoms with Crippen LogP contribution >= 0.6 is 0 Å². The first-order valence-electron chi connectivity index (χ1n) is 8.18. The predicted molar refractivity (Wildman–Crippen MR) is 103 cm³/mol. The Balaban J connectivity index is 4.17. The Labute approximate surface area is 168 Å². The normalized spacial score (nSPS) is 14.3. The molecule has 0 saturated heterocycles. The van der Waals surface area contributed by atoms with Gasteiger partial charge >= 0.3 is 0 Å². The number of hydrogen-bond acceptors (Lipinski definition) is 11. The van der Waals surface area contributed by atoms with Gasteiger partial charge in [0.05, 0.1) is 17.1 Å². The third kappa shape index (κ3) is 16.6. The van der Waals surface area contributed by atoms with Crippen LogP contribution in [0.2, 0.25) is 0 Å². The van der Waals surface area contributed by atoms with Gasteiger partial charge in [0.15, 0.2) is 21.7 Å². The van der Waals surface area contributed by atoms with Crippen molar-refractivity contribution >= 4 is 40.2 Å². The second-order valence-corrected chi connectivity index (χ2v) is 14.2. The molecule has 0 radical (unpaired) electrons. The van der Waals surface area contributed by atoms with Crippen LogP contribution in [-0.4, -0.2) is 68.9 Å². The highest BCUT2D eigenvalue weighted by atomic mass is 32.2. The Morgan fingerprint density at radius 1 is 0.607 bits per heavy atom. The molecule has 0 aliphatic rings. The highest BCUT2D eigenvalue weighted by Crippen LogP contribution is 2.13. The lowest BCUT2D eigenvalue weighted by Crippen LogP contribution is -2.27. The van der Waals surface area contributed by atoms with Gasteiger partial charge in [-0.25, -0.2) is 8.42 Å². The van der Waals surface area contributed by atoms with Crippen molar-refractivity contribution in [3.63, 3.8) is 0 Å². The van der Waals surface area contributed by atoms with Crippen molar-refractivity contribution in [2.45, 2.75) is 52.1 Å². The lowest BCUT2D eigenvalue weighted by molar-refractivity contribution is 0.134. The van der Waals surface area contributed by atoms with Crippen LogP contribution in [0.15, 0.2) is 0 Å². The van der Waals surface area contributed by atoms with E-state index < -0.39 is 69.2 Å². The summed E-state index contributed by atoms with van der Waals surface area (Å²) in [5.74, 6) is -2.88. The number of rotatable bonds is 14. The maximum atomic E-state index is 11.7. The van der Waals surface area contributed by atoms with Crippen molar-refractivity contribution in [3.05, 3.63) is 0 Å². The van der Waals surface area contributed by atoms with Crippen molar-refractivity contribution < 1.29 is 46.2 Å². The van der Waals surface area contributed by atoms with Crippen LogP contribution in [0.5, 0.6) is 0 Å². The molecule has 0 aliphatic heterocycles. The van der Waals surface area contributed by atoms with E-state index in [4.69, 9.17) is 4.18 Å². The maximum Gasteiger partial charge on any atom is 0.293 e. The molecule has 0 heterocycles. The van der Waals surface area contributed by atoms with E-state index in [-0.39, 0.29) is 12.8 Å². The minimum absolute atomic E-state index is 0.132. The molecule has 0 spiro atoms. The van der Waals surface area contributed by atoms with Crippen molar-refractivity contribution in [1.82, 2.24) is 0 Å². The SMILES string of the molecule is CC(C)(C)OS(=O)(=O)COS(=O)(=O)CCCCCCS(=O)(=O)OCS(C)(=O)=O. The summed E-state index contributed by atoms with van der Waals surface area (Å²) in [6.07, 6.45) is 1.82. The van der Waals surface area contributed by atoms with E-state index in [1.807, 2.05) is 0 Å². The summed E-state index contributed by atoms with van der Waals surface area (Å²) < 4.78 is 105. The zero-order valence-corrected chi connectivity index (χ0v) is 19.5. The van der Waals surface area contributed by atoms with Gasteiger partial charge in [-0.15, -0.1) is 0 Å². The molecular formula is C13H28O11S4. The van der Waals surface area contributed by atoms with E-state index in [9.17, 15) is 33.7 Å². The molecule has 0 bridgehead atoms. The summed E-state index contributed by atoms with van der Waals surface area (Å²) in [6.45, 7) is 4.47. The molecule has 170 valence electrons. The second-order valence-electron chi connectivity index (χ2n) is 7.09. The van der Waals surface area contributed by atoms with Crippen LogP contribution in [0.1, 0.15) is 46.5 Å². The van der Waals surface area contributed by atoms with Gasteiger partial charge in [0.25, 0.3) is 30.4 Å². The van der Waals surface area contributed by atoms with Crippen LogP contribution in [0.25, 0.3) is 0 Å². The van der Waals surface area contributed by atoms with Gasteiger partial charge in [-0.05, 0) is 33.6 Å². The predicted octanol–water partition coefficient (Wildman–Crippen LogP) is 0.344. The van der Waals surface area contributed by atoms with Gasteiger partial charge in [-0.2, -0.15) is 25.3 Å². The standard InChI is InChI=1S/C13H28O11S4/c1-13(2,3)24-28(20,21)12-23-27(18,19)10-8-6-5-7-9-26(16,17)22-11-25(4,14)15/h5-12H2,1-4H3. The molecule has 0 amide bonds. The molecule has 0 aromatic rings. The van der Waals surface area contributed by atoms with Crippen LogP contribution in [0.3, 0.4) is 0 Å². The Hall–Kier alpha value is -0.320. The molecule has 0 N–H and O–H groups in total. The molecule has 0 aromatic carbocycles. The summed E-state index contributed by atoms with van der Waals surface area (Å²) in [6, 6.07) is 0. The van der Waals surface area contributed by atoms with E-state index in [2.05, 4.69) is 8.37 Å². The van der Waals surface area contributed by atoms with Crippen molar-refractivity contribution in [2.75, 3.05) is 29.6 Å². The van der Waals surface area contributed by atoms with Gasteiger partial charge in [-0.3, -0.25) is 12.5 Å². The quantitative estimate of drug-likeness (QED) is 0.244. The van der Waals surface area contributed by atoms with Gasteiger partial charge in [-0.1, -0.05) is 12.8 Å². The van der Waals surface area contributed by atoms with Gasteiger partial charge in [0, 0.05) is 6.26 Å². The fraction of sp³-hybridized carbons (Fsp3) is 1.00. The summed E-state index contributed by atoms with van der Waals surface area (Å²) >= 11 is 0. The summed E-state index contributed by atoms with van der Waals surface area (Å²) in [4.78, 5) is 0. The van der Waals surface area contributed by atoms with Crippen molar-refractivity contribution in [1.29, 1.82) is 0 Å². The fourth-order valence-electron chi connectivity index (χ4n) is 1.73. The summed E-state index contributed by atoms with van der Waals surface area (Å²) in [5, 5.41) is 0. The second kappa shape index (κ2) is 10.6. The molecule has 28 heavy (non-hydrogen) atoms. The molecule has 0 saturated carbocycles. The van der Waals surface area contributed by atoms with Gasteiger partial charge in [0.1, 0.15) is 0 Å². The molecule has 11 nitrogen and oxygen atoms in total. The highest BCUT2D eigenvalue weighted by molar-refractivity contribution is 7.92. The van der Waals surface area contributed by atoms with E-state index in [0.717, 1.165) is 6.26 Å². The van der Waals surface area contributed by atoms with Crippen LogP contribution < -0.4 is 0 Å². The molecular weight excluding hydrogens is 460 g/mol. The first kappa shape index (κ1) is 27.7. The topological polar surface area (TPSA) is 164 Å². The van der Waals surface area contributed by atoms with Crippen LogP contribution in [-0.2, 0) is 52.7 Å². The third-order valence-corrected chi connectivity index (χ3v) is 7.27. The summed E-state index contributed by atoms with van der Waals surface area (Å²) in [5.41, 5.74) is -1.02. The first-order valence-corrected chi connectivity index (χ1v) is 15.0. The van der Waals surface area contributed by atoms with E-state index in [0.29, 0.717) is 12.8 Å².